The lowest BCUT2D eigenvalue weighted by atomic mass is 9.98. The van der Waals surface area contributed by atoms with Gasteiger partial charge in [0, 0.05) is 19.2 Å². The molecule has 0 aromatic carbocycles. The van der Waals surface area contributed by atoms with Gasteiger partial charge in [0.15, 0.2) is 5.69 Å². The van der Waals surface area contributed by atoms with Crippen LogP contribution in [0.5, 0.6) is 0 Å². The molecule has 0 spiro atoms. The Labute approximate surface area is 121 Å². The number of ether oxygens (including phenoxy) is 1. The maximum Gasteiger partial charge on any atom is 0.325 e. The van der Waals surface area contributed by atoms with Crippen LogP contribution in [0.4, 0.5) is 0 Å². The zero-order chi connectivity index (χ0) is 15.4. The first-order valence-electron chi connectivity index (χ1n) is 6.67. The molecule has 21 heavy (non-hydrogen) atoms. The van der Waals surface area contributed by atoms with Gasteiger partial charge in [0.25, 0.3) is 5.91 Å². The minimum Gasteiger partial charge on any atom is -0.465 e. The van der Waals surface area contributed by atoms with E-state index in [2.05, 4.69) is 10.5 Å². The molecule has 1 aromatic rings. The van der Waals surface area contributed by atoms with Crippen LogP contribution in [0.25, 0.3) is 0 Å². The van der Waals surface area contributed by atoms with Crippen LogP contribution in [0.2, 0.25) is 0 Å². The third-order valence-electron chi connectivity index (χ3n) is 3.10. The van der Waals surface area contributed by atoms with Crippen molar-refractivity contribution in [2.24, 2.45) is 5.92 Å². The highest BCUT2D eigenvalue weighted by atomic mass is 16.5. The van der Waals surface area contributed by atoms with Crippen LogP contribution >= 0.6 is 0 Å². The maximum atomic E-state index is 12.0. The van der Waals surface area contributed by atoms with Crippen LogP contribution in [0.15, 0.2) is 10.6 Å². The zero-order valence-corrected chi connectivity index (χ0v) is 11.9. The van der Waals surface area contributed by atoms with Crippen LogP contribution in [-0.2, 0) is 14.3 Å². The average molecular weight is 295 g/mol. The molecule has 0 atom stereocenters. The molecule has 8 heteroatoms. The number of carbonyl (C=O) groups excluding carboxylic acids is 3. The van der Waals surface area contributed by atoms with Crippen LogP contribution in [-0.4, -0.2) is 54.1 Å². The third-order valence-corrected chi connectivity index (χ3v) is 3.10. The SMILES string of the molecule is CCOC(=O)CNC(=O)C1CN(C(=O)c2cc(C)on2)C1. The summed E-state index contributed by atoms with van der Waals surface area (Å²) in [6.45, 7) is 4.13. The molecule has 0 bridgehead atoms. The van der Waals surface area contributed by atoms with Gasteiger partial charge in [-0.1, -0.05) is 5.16 Å². The van der Waals surface area contributed by atoms with E-state index in [-0.39, 0.29) is 36.6 Å². The van der Waals surface area contributed by atoms with Crippen molar-refractivity contribution in [1.29, 1.82) is 0 Å². The summed E-state index contributed by atoms with van der Waals surface area (Å²) in [5, 5.41) is 6.13. The van der Waals surface area contributed by atoms with Gasteiger partial charge < -0.3 is 19.5 Å². The average Bonchev–Trinajstić information content (AvgIpc) is 2.81. The third kappa shape index (κ3) is 3.59. The first-order valence-corrected chi connectivity index (χ1v) is 6.67. The van der Waals surface area contributed by atoms with Crippen molar-refractivity contribution in [3.63, 3.8) is 0 Å². The van der Waals surface area contributed by atoms with Crippen LogP contribution in [0, 0.1) is 12.8 Å². The summed E-state index contributed by atoms with van der Waals surface area (Å²) >= 11 is 0. The summed E-state index contributed by atoms with van der Waals surface area (Å²) in [6.07, 6.45) is 0. The molecule has 2 heterocycles. The van der Waals surface area contributed by atoms with Crippen LogP contribution in [0.3, 0.4) is 0 Å². The molecule has 0 unspecified atom stereocenters. The standard InChI is InChI=1S/C13H17N3O5/c1-3-20-11(17)5-14-12(18)9-6-16(7-9)13(19)10-4-8(2)21-15-10/h4,9H,3,5-7H2,1-2H3,(H,14,18). The number of esters is 1. The van der Waals surface area contributed by atoms with E-state index in [4.69, 9.17) is 9.26 Å². The maximum absolute atomic E-state index is 12.0. The molecule has 0 radical (unpaired) electrons. The molecule has 0 aliphatic carbocycles. The minimum absolute atomic E-state index is 0.153. The highest BCUT2D eigenvalue weighted by Gasteiger charge is 2.37. The number of rotatable bonds is 5. The van der Waals surface area contributed by atoms with Gasteiger partial charge in [0.1, 0.15) is 12.3 Å². The van der Waals surface area contributed by atoms with E-state index in [1.54, 1.807) is 19.9 Å². The Bertz CT molecular complexity index is 548. The number of hydrogen-bond donors (Lipinski definition) is 1. The van der Waals surface area contributed by atoms with Crippen LogP contribution < -0.4 is 5.32 Å². The van der Waals surface area contributed by atoms with Crippen molar-refractivity contribution in [2.75, 3.05) is 26.2 Å². The summed E-state index contributed by atoms with van der Waals surface area (Å²) in [6, 6.07) is 1.55. The van der Waals surface area contributed by atoms with Gasteiger partial charge in [-0.25, -0.2) is 0 Å². The second-order valence-corrected chi connectivity index (χ2v) is 4.75. The van der Waals surface area contributed by atoms with Crippen molar-refractivity contribution in [3.05, 3.63) is 17.5 Å². The van der Waals surface area contributed by atoms with E-state index in [0.29, 0.717) is 18.8 Å². The fourth-order valence-electron chi connectivity index (χ4n) is 1.96. The molecule has 1 N–H and O–H groups in total. The monoisotopic (exact) mass is 295 g/mol. The van der Waals surface area contributed by atoms with E-state index in [9.17, 15) is 14.4 Å². The van der Waals surface area contributed by atoms with Gasteiger partial charge in [0.05, 0.1) is 12.5 Å². The molecule has 2 amide bonds. The Kier molecular flexibility index (Phi) is 4.56. The number of carbonyl (C=O) groups is 3. The Morgan fingerprint density at radius 2 is 2.19 bits per heavy atom. The Balaban J connectivity index is 1.74. The van der Waals surface area contributed by atoms with Crippen LogP contribution in [0.1, 0.15) is 23.2 Å². The fourth-order valence-corrected chi connectivity index (χ4v) is 1.96. The molecule has 1 aliphatic heterocycles. The molecule has 114 valence electrons. The van der Waals surface area contributed by atoms with Gasteiger partial charge in [0.2, 0.25) is 5.91 Å². The summed E-state index contributed by atoms with van der Waals surface area (Å²) in [5.41, 5.74) is 0.234. The van der Waals surface area contributed by atoms with Crippen molar-refractivity contribution in [2.45, 2.75) is 13.8 Å². The molecule has 1 saturated heterocycles. The quantitative estimate of drug-likeness (QED) is 0.751. The number of likely N-dealkylation sites (tertiary alicyclic amines) is 1. The molecule has 1 aromatic heterocycles. The normalized spacial score (nSPS) is 14.5. The summed E-state index contributed by atoms with van der Waals surface area (Å²) in [4.78, 5) is 36.3. The second-order valence-electron chi connectivity index (χ2n) is 4.75. The Hall–Kier alpha value is -2.38. The Morgan fingerprint density at radius 1 is 1.48 bits per heavy atom. The summed E-state index contributed by atoms with van der Waals surface area (Å²) in [5.74, 6) is -0.750. The van der Waals surface area contributed by atoms with Crippen molar-refractivity contribution in [3.8, 4) is 0 Å². The molecule has 2 rings (SSSR count). The van der Waals surface area contributed by atoms with Crippen molar-refractivity contribution < 1.29 is 23.6 Å². The molecular weight excluding hydrogens is 278 g/mol. The lowest BCUT2D eigenvalue weighted by Crippen LogP contribution is -2.56. The minimum atomic E-state index is -0.476. The van der Waals surface area contributed by atoms with Gasteiger partial charge in [-0.2, -0.15) is 0 Å². The number of aryl methyl sites for hydroxylation is 1. The summed E-state index contributed by atoms with van der Waals surface area (Å²) in [7, 11) is 0. The Morgan fingerprint density at radius 3 is 2.76 bits per heavy atom. The molecule has 8 nitrogen and oxygen atoms in total. The largest absolute Gasteiger partial charge is 0.465 e. The van der Waals surface area contributed by atoms with E-state index in [0.717, 1.165) is 0 Å². The highest BCUT2D eigenvalue weighted by molar-refractivity contribution is 5.94. The number of aromatic nitrogens is 1. The zero-order valence-electron chi connectivity index (χ0n) is 11.9. The van der Waals surface area contributed by atoms with Gasteiger partial charge in [-0.15, -0.1) is 0 Å². The van der Waals surface area contributed by atoms with E-state index in [1.165, 1.54) is 4.90 Å². The van der Waals surface area contributed by atoms with E-state index < -0.39 is 5.97 Å². The number of amides is 2. The number of nitrogens with zero attached hydrogens (tertiary/aromatic N) is 2. The van der Waals surface area contributed by atoms with E-state index in [1.807, 2.05) is 0 Å². The topological polar surface area (TPSA) is 102 Å². The first kappa shape index (κ1) is 15.0. The fraction of sp³-hybridized carbons (Fsp3) is 0.538. The van der Waals surface area contributed by atoms with Crippen molar-refractivity contribution >= 4 is 17.8 Å². The molecular formula is C13H17N3O5. The number of nitrogens with one attached hydrogen (secondary N) is 1. The van der Waals surface area contributed by atoms with Gasteiger partial charge in [-0.3, -0.25) is 14.4 Å². The van der Waals surface area contributed by atoms with Gasteiger partial charge in [-0.05, 0) is 13.8 Å². The highest BCUT2D eigenvalue weighted by Crippen LogP contribution is 2.18. The summed E-state index contributed by atoms with van der Waals surface area (Å²) < 4.78 is 9.54. The predicted octanol–water partition coefficient (Wildman–Crippen LogP) is -0.266. The lowest BCUT2D eigenvalue weighted by molar-refractivity contribution is -0.144. The molecule has 1 aliphatic rings. The molecule has 0 saturated carbocycles. The number of hydrogen-bond acceptors (Lipinski definition) is 6. The lowest BCUT2D eigenvalue weighted by Gasteiger charge is -2.37. The second kappa shape index (κ2) is 6.38. The smallest absolute Gasteiger partial charge is 0.325 e. The van der Waals surface area contributed by atoms with E-state index >= 15 is 0 Å². The van der Waals surface area contributed by atoms with Crippen molar-refractivity contribution in [1.82, 2.24) is 15.4 Å². The first-order chi connectivity index (χ1) is 10.0. The molecule has 1 fully saturated rings. The predicted molar refractivity (Wildman–Crippen MR) is 70.3 cm³/mol. The van der Waals surface area contributed by atoms with Gasteiger partial charge >= 0.3 is 5.97 Å².